The van der Waals surface area contributed by atoms with E-state index in [1.807, 2.05) is 42.5 Å². The first kappa shape index (κ1) is 18.1. The summed E-state index contributed by atoms with van der Waals surface area (Å²) in [5.41, 5.74) is 1.59. The molecular formula is C22H22N2O4. The van der Waals surface area contributed by atoms with E-state index in [0.29, 0.717) is 23.9 Å². The Morgan fingerprint density at radius 1 is 1.11 bits per heavy atom. The number of nitrogens with one attached hydrogen (secondary N) is 1. The largest absolute Gasteiger partial charge is 0.489 e. The van der Waals surface area contributed by atoms with Gasteiger partial charge in [0.1, 0.15) is 12.4 Å². The van der Waals surface area contributed by atoms with E-state index in [9.17, 15) is 4.79 Å². The predicted molar refractivity (Wildman–Crippen MR) is 103 cm³/mol. The summed E-state index contributed by atoms with van der Waals surface area (Å²) < 4.78 is 16.7. The number of carbonyl (C=O) groups excluding carboxylic acids is 1. The molecule has 1 saturated carbocycles. The van der Waals surface area contributed by atoms with Gasteiger partial charge < -0.3 is 19.2 Å². The Kier molecular flexibility index (Phi) is 5.56. The summed E-state index contributed by atoms with van der Waals surface area (Å²) in [5, 5.41) is 2.85. The van der Waals surface area contributed by atoms with Crippen LogP contribution in [0.1, 0.15) is 34.5 Å². The molecule has 0 bridgehead atoms. The van der Waals surface area contributed by atoms with E-state index in [0.717, 1.165) is 17.9 Å². The van der Waals surface area contributed by atoms with Crippen molar-refractivity contribution in [1.29, 1.82) is 0 Å². The van der Waals surface area contributed by atoms with Crippen LogP contribution in [-0.2, 0) is 13.2 Å². The standard InChI is InChI=1S/C22H22N2O4/c25-22(21-18(10-11-26-21)15-27-19-4-2-1-3-5-19)24-13-17-8-9-20(23-12-17)28-14-16-6-7-16/h1-5,8-12,16H,6-7,13-15H2,(H,24,25). The molecule has 0 atom stereocenters. The summed E-state index contributed by atoms with van der Waals surface area (Å²) in [6.45, 7) is 1.35. The third-order valence-electron chi connectivity index (χ3n) is 4.51. The molecule has 28 heavy (non-hydrogen) atoms. The maximum absolute atomic E-state index is 12.5. The van der Waals surface area contributed by atoms with E-state index in [1.165, 1.54) is 19.1 Å². The normalized spacial score (nSPS) is 13.1. The maximum Gasteiger partial charge on any atom is 0.287 e. The SMILES string of the molecule is O=C(NCc1ccc(OCC2CC2)nc1)c1occc1COc1ccccc1. The minimum Gasteiger partial charge on any atom is -0.489 e. The zero-order chi connectivity index (χ0) is 19.2. The average molecular weight is 378 g/mol. The summed E-state index contributed by atoms with van der Waals surface area (Å²) in [5.74, 6) is 2.02. The molecule has 6 heteroatoms. The number of furan rings is 1. The van der Waals surface area contributed by atoms with E-state index < -0.39 is 0 Å². The molecule has 3 aromatic rings. The molecule has 4 rings (SSSR count). The second kappa shape index (κ2) is 8.61. The van der Waals surface area contributed by atoms with Crippen LogP contribution in [0.2, 0.25) is 0 Å². The van der Waals surface area contributed by atoms with Crippen molar-refractivity contribution in [3.8, 4) is 11.6 Å². The van der Waals surface area contributed by atoms with Crippen LogP contribution in [0.15, 0.2) is 65.4 Å². The van der Waals surface area contributed by atoms with Crippen LogP contribution < -0.4 is 14.8 Å². The minimum atomic E-state index is -0.286. The van der Waals surface area contributed by atoms with Crippen molar-refractivity contribution < 1.29 is 18.7 Å². The number of rotatable bonds is 9. The van der Waals surface area contributed by atoms with Gasteiger partial charge >= 0.3 is 0 Å². The lowest BCUT2D eigenvalue weighted by molar-refractivity contribution is 0.0919. The highest BCUT2D eigenvalue weighted by molar-refractivity contribution is 5.92. The molecule has 0 spiro atoms. The topological polar surface area (TPSA) is 73.6 Å². The van der Waals surface area contributed by atoms with Gasteiger partial charge in [0.05, 0.1) is 12.9 Å². The van der Waals surface area contributed by atoms with Crippen LogP contribution in [0.3, 0.4) is 0 Å². The van der Waals surface area contributed by atoms with Crippen LogP contribution in [0.4, 0.5) is 0 Å². The second-order valence-corrected chi connectivity index (χ2v) is 6.82. The molecule has 0 aliphatic heterocycles. The first-order valence-electron chi connectivity index (χ1n) is 9.38. The highest BCUT2D eigenvalue weighted by Crippen LogP contribution is 2.29. The number of hydrogen-bond donors (Lipinski definition) is 1. The third kappa shape index (κ3) is 4.91. The highest BCUT2D eigenvalue weighted by Gasteiger charge is 2.22. The van der Waals surface area contributed by atoms with E-state index in [-0.39, 0.29) is 18.3 Å². The highest BCUT2D eigenvalue weighted by atomic mass is 16.5. The van der Waals surface area contributed by atoms with E-state index in [4.69, 9.17) is 13.9 Å². The van der Waals surface area contributed by atoms with Crippen LogP contribution >= 0.6 is 0 Å². The van der Waals surface area contributed by atoms with Crippen molar-refractivity contribution >= 4 is 5.91 Å². The lowest BCUT2D eigenvalue weighted by Crippen LogP contribution is -2.23. The molecular weight excluding hydrogens is 356 g/mol. The molecule has 1 aromatic carbocycles. The number of carbonyl (C=O) groups is 1. The molecule has 0 unspecified atom stereocenters. The molecule has 0 radical (unpaired) electrons. The molecule has 2 aromatic heterocycles. The molecule has 1 N–H and O–H groups in total. The van der Waals surface area contributed by atoms with Gasteiger partial charge in [0, 0.05) is 24.4 Å². The van der Waals surface area contributed by atoms with Crippen molar-refractivity contribution in [2.24, 2.45) is 5.92 Å². The summed E-state index contributed by atoms with van der Waals surface area (Å²) >= 11 is 0. The third-order valence-corrected chi connectivity index (χ3v) is 4.51. The summed E-state index contributed by atoms with van der Waals surface area (Å²) in [4.78, 5) is 16.7. The fourth-order valence-corrected chi connectivity index (χ4v) is 2.68. The van der Waals surface area contributed by atoms with Crippen LogP contribution in [-0.4, -0.2) is 17.5 Å². The molecule has 2 heterocycles. The maximum atomic E-state index is 12.5. The van der Waals surface area contributed by atoms with Crippen LogP contribution in [0, 0.1) is 5.92 Å². The Labute approximate surface area is 163 Å². The number of ether oxygens (including phenoxy) is 2. The number of nitrogens with zero attached hydrogens (tertiary/aromatic N) is 1. The van der Waals surface area contributed by atoms with Gasteiger partial charge in [-0.05, 0) is 42.5 Å². The van der Waals surface area contributed by atoms with Gasteiger partial charge in [-0.1, -0.05) is 24.3 Å². The minimum absolute atomic E-state index is 0.258. The summed E-state index contributed by atoms with van der Waals surface area (Å²) in [6.07, 6.45) is 5.70. The molecule has 1 amide bonds. The van der Waals surface area contributed by atoms with Gasteiger partial charge in [-0.2, -0.15) is 0 Å². The van der Waals surface area contributed by atoms with E-state index in [2.05, 4.69) is 10.3 Å². The Bertz CT molecular complexity index is 902. The number of benzene rings is 1. The predicted octanol–water partition coefficient (Wildman–Crippen LogP) is 3.97. The smallest absolute Gasteiger partial charge is 0.287 e. The second-order valence-electron chi connectivity index (χ2n) is 6.82. The number of pyridine rings is 1. The first-order chi connectivity index (χ1) is 13.8. The van der Waals surface area contributed by atoms with Gasteiger partial charge in [0.2, 0.25) is 5.88 Å². The number of aromatic nitrogens is 1. The zero-order valence-corrected chi connectivity index (χ0v) is 15.5. The first-order valence-corrected chi connectivity index (χ1v) is 9.38. The number of hydrogen-bond acceptors (Lipinski definition) is 5. The zero-order valence-electron chi connectivity index (χ0n) is 15.5. The fourth-order valence-electron chi connectivity index (χ4n) is 2.68. The lowest BCUT2D eigenvalue weighted by Gasteiger charge is -2.08. The van der Waals surface area contributed by atoms with Gasteiger partial charge in [0.25, 0.3) is 5.91 Å². The molecule has 1 aliphatic carbocycles. The van der Waals surface area contributed by atoms with Crippen molar-refractivity contribution in [2.75, 3.05) is 6.61 Å². The number of para-hydroxylation sites is 1. The molecule has 0 saturated heterocycles. The summed E-state index contributed by atoms with van der Waals surface area (Å²) in [7, 11) is 0. The lowest BCUT2D eigenvalue weighted by atomic mass is 10.2. The summed E-state index contributed by atoms with van der Waals surface area (Å²) in [6, 6.07) is 14.9. The van der Waals surface area contributed by atoms with E-state index >= 15 is 0 Å². The van der Waals surface area contributed by atoms with Crippen molar-refractivity contribution in [1.82, 2.24) is 10.3 Å². The van der Waals surface area contributed by atoms with Gasteiger partial charge in [-0.3, -0.25) is 4.79 Å². The monoisotopic (exact) mass is 378 g/mol. The molecule has 144 valence electrons. The van der Waals surface area contributed by atoms with Crippen LogP contribution in [0.5, 0.6) is 11.6 Å². The Hall–Kier alpha value is -3.28. The average Bonchev–Trinajstić information content (AvgIpc) is 3.45. The van der Waals surface area contributed by atoms with Crippen LogP contribution in [0.25, 0.3) is 0 Å². The van der Waals surface area contributed by atoms with Crippen molar-refractivity contribution in [2.45, 2.75) is 26.0 Å². The van der Waals surface area contributed by atoms with Crippen molar-refractivity contribution in [3.63, 3.8) is 0 Å². The Morgan fingerprint density at radius 3 is 2.71 bits per heavy atom. The van der Waals surface area contributed by atoms with Gasteiger partial charge in [0.15, 0.2) is 5.76 Å². The Balaban J connectivity index is 1.28. The molecule has 1 aliphatic rings. The molecule has 6 nitrogen and oxygen atoms in total. The van der Waals surface area contributed by atoms with Gasteiger partial charge in [-0.15, -0.1) is 0 Å². The van der Waals surface area contributed by atoms with Gasteiger partial charge in [-0.25, -0.2) is 4.98 Å². The fraction of sp³-hybridized carbons (Fsp3) is 0.273. The Morgan fingerprint density at radius 2 is 1.96 bits per heavy atom. The van der Waals surface area contributed by atoms with E-state index in [1.54, 1.807) is 12.3 Å². The molecule has 1 fully saturated rings. The quantitative estimate of drug-likeness (QED) is 0.610. The number of amides is 1. The van der Waals surface area contributed by atoms with Crippen molar-refractivity contribution in [3.05, 3.63) is 77.9 Å².